The van der Waals surface area contributed by atoms with Crippen molar-refractivity contribution >= 4 is 95.7 Å². The van der Waals surface area contributed by atoms with Crippen LogP contribution in [-0.4, -0.2) is 146 Å². The van der Waals surface area contributed by atoms with E-state index in [2.05, 4.69) is 32.3 Å². The molecule has 0 spiro atoms. The molecule has 33 heteroatoms. The number of ether oxygens (including phenoxy) is 3. The van der Waals surface area contributed by atoms with Gasteiger partial charge in [0.05, 0.1) is 130 Å². The van der Waals surface area contributed by atoms with E-state index >= 15 is 0 Å². The Kier molecular flexibility index (Phi) is 25.9. The van der Waals surface area contributed by atoms with Gasteiger partial charge in [-0.25, -0.2) is 0 Å². The molecule has 127 heavy (non-hydrogen) atoms. The van der Waals surface area contributed by atoms with E-state index in [1.54, 1.807) is 94.6 Å². The fourth-order valence-corrected chi connectivity index (χ4v) is 16.9. The number of nitrogens with zero attached hydrogens (tertiary/aromatic N) is 15. The summed E-state index contributed by atoms with van der Waals surface area (Å²) in [6.07, 6.45) is 25.3. The van der Waals surface area contributed by atoms with Crippen molar-refractivity contribution in [2.24, 2.45) is 16.3 Å². The minimum absolute atomic E-state index is 0.0144. The molecular formula is C94H111N19O14. The summed E-state index contributed by atoms with van der Waals surface area (Å²) in [7, 11) is 6.87. The lowest BCUT2D eigenvalue weighted by atomic mass is 9.75. The van der Waals surface area contributed by atoms with Gasteiger partial charge in [-0.1, -0.05) is 6.07 Å². The molecule has 4 amide bonds. The number of carbonyl (C=O) groups is 4. The maximum absolute atomic E-state index is 13.0. The Labute approximate surface area is 734 Å². The molecule has 0 aliphatic heterocycles. The Morgan fingerprint density at radius 2 is 0.858 bits per heavy atom. The average Bonchev–Trinajstić information content (AvgIpc) is 1.68. The van der Waals surface area contributed by atoms with Crippen LogP contribution in [0.15, 0.2) is 151 Å². The van der Waals surface area contributed by atoms with Crippen LogP contribution in [0.25, 0.3) is 43.6 Å². The molecule has 0 radical (unpaired) electrons. The van der Waals surface area contributed by atoms with Crippen LogP contribution in [0, 0.1) is 59.1 Å². The molecule has 33 nitrogen and oxygen atoms in total. The van der Waals surface area contributed by atoms with Gasteiger partial charge in [0.25, 0.3) is 23.0 Å². The molecule has 18 rings (SSSR count). The molecule has 666 valence electrons. The number of anilines is 5. The van der Waals surface area contributed by atoms with Crippen molar-refractivity contribution in [1.82, 2.24) is 43.9 Å². The SMILES string of the molecule is COc1cc2nn(C3CCC(C)(C#N)CC3)cc2cc1NC(=O)c1cccc(C)[n+]1[O-].COc1cc2nn(C3CCC(C)(O)CC3)cc2cc1NC(=O)c1cccc(=NC2CC2)n1O.Cc1cccc(C(=O)Nc2cc3cn(C4CCC(C)(O)CC4)nc3cc2N(C)C)[n+]1[O-].Cc1cccc(C(=O)Nc2cc3cn(C4CCC(O)CC4)nc3cc2OCC2CC2)[n+]1[O-]. The largest absolute Gasteiger partial charge is 0.618 e. The van der Waals surface area contributed by atoms with E-state index < -0.39 is 34.8 Å². The molecule has 0 unspecified atom stereocenters. The quantitative estimate of drug-likeness (QED) is 0.0212. The molecule has 0 saturated heterocycles. The molecule has 8 aromatic heterocycles. The Morgan fingerprint density at radius 1 is 0.496 bits per heavy atom. The summed E-state index contributed by atoms with van der Waals surface area (Å²) in [5, 5.41) is 121. The van der Waals surface area contributed by atoms with Crippen LogP contribution in [0.5, 0.6) is 17.2 Å². The Bertz CT molecular complexity index is 6210. The van der Waals surface area contributed by atoms with Gasteiger partial charge in [0.1, 0.15) is 22.9 Å². The smallest absolute Gasteiger partial charge is 0.321 e. The topological polar surface area (TPSA) is 421 Å². The second kappa shape index (κ2) is 37.2. The zero-order valence-corrected chi connectivity index (χ0v) is 73.3. The molecule has 0 atom stereocenters. The first-order valence-electron chi connectivity index (χ1n) is 43.6. The van der Waals surface area contributed by atoms with Gasteiger partial charge >= 0.3 is 17.7 Å². The van der Waals surface area contributed by atoms with Gasteiger partial charge < -0.3 is 76.5 Å². The first kappa shape index (κ1) is 88.7. The van der Waals surface area contributed by atoms with Crippen LogP contribution in [0.1, 0.15) is 232 Å². The second-order valence-electron chi connectivity index (χ2n) is 35.8. The lowest BCUT2D eigenvalue weighted by molar-refractivity contribution is -0.614. The molecule has 4 aromatic carbocycles. The first-order valence-corrected chi connectivity index (χ1v) is 43.6. The number of aliphatic hydroxyl groups excluding tert-OH is 1. The molecule has 6 fully saturated rings. The van der Waals surface area contributed by atoms with Crippen molar-refractivity contribution in [2.75, 3.05) is 61.1 Å². The number of carbonyl (C=O) groups excluding carboxylic acids is 4. The van der Waals surface area contributed by atoms with Crippen molar-refractivity contribution < 1.29 is 68.1 Å². The Morgan fingerprint density at radius 3 is 1.25 bits per heavy atom. The van der Waals surface area contributed by atoms with Gasteiger partial charge in [0, 0.05) is 136 Å². The third-order valence-electron chi connectivity index (χ3n) is 25.3. The highest BCUT2D eigenvalue weighted by Gasteiger charge is 2.36. The fourth-order valence-electron chi connectivity index (χ4n) is 16.9. The number of hydrogen-bond donors (Lipinski definition) is 8. The molecule has 8 heterocycles. The zero-order chi connectivity index (χ0) is 89.9. The number of benzene rings is 4. The predicted octanol–water partition coefficient (Wildman–Crippen LogP) is 13.8. The summed E-state index contributed by atoms with van der Waals surface area (Å²) in [6, 6.07) is 37.9. The number of aromatic nitrogens is 12. The fraction of sp³-hybridized carbons (Fsp3) is 0.436. The van der Waals surface area contributed by atoms with Gasteiger partial charge in [-0.2, -0.15) is 44.6 Å². The zero-order valence-electron chi connectivity index (χ0n) is 73.3. The number of nitrogens with one attached hydrogen (secondary N) is 4. The number of methoxy groups -OCH3 is 2. The van der Waals surface area contributed by atoms with Crippen molar-refractivity contribution in [3.8, 4) is 23.3 Å². The van der Waals surface area contributed by atoms with E-state index in [1.165, 1.54) is 25.3 Å². The van der Waals surface area contributed by atoms with E-state index in [4.69, 9.17) is 34.6 Å². The van der Waals surface area contributed by atoms with Gasteiger partial charge in [0.15, 0.2) is 22.6 Å². The summed E-state index contributed by atoms with van der Waals surface area (Å²) in [6.45, 7) is 11.4. The number of hydrogen-bond acceptors (Lipinski definition) is 21. The maximum atomic E-state index is 13.0. The summed E-state index contributed by atoms with van der Waals surface area (Å²) in [5.74, 6) is 0.161. The molecule has 6 aliphatic rings. The maximum Gasteiger partial charge on any atom is 0.321 e. The number of fused-ring (bicyclic) bond motifs is 4. The van der Waals surface area contributed by atoms with Crippen molar-refractivity contribution in [3.05, 3.63) is 207 Å². The van der Waals surface area contributed by atoms with Crippen LogP contribution in [-0.2, 0) is 0 Å². The average molecular weight is 1730 g/mol. The van der Waals surface area contributed by atoms with E-state index in [0.29, 0.717) is 89.3 Å². The third-order valence-corrected chi connectivity index (χ3v) is 25.3. The number of nitriles is 1. The molecule has 0 bridgehead atoms. The standard InChI is InChI=1S/C24H29N5O4.C24H28N4O4.C23H29N5O3.C23H25N5O3/c1-24(31)10-8-17(9-11-24)28-14-15-12-19(21(33-2)13-18(15)27-28)26-23(30)20-4-3-5-22(29(20)32)25-16-6-7-16;1-15-3-2-4-22(28(15)31)24(30)25-21-11-17-13-27(18-7-9-19(29)10-8-18)26-20(17)12-23(21)32-14-16-5-6-16;1-15-6-5-7-20(28(15)31)22(29)24-19-12-16-14-27(17-8-10-23(2,30)11-9-17)25-18(16)13-21(19)26(3)4;1-15-5-4-6-20(28(15)30)22(29)25-19-11-16-13-27(26-18(16)12-21(19)31-3)17-7-9-23(2,14-24)10-8-17/h3-5,12-14,16-17,31-32H,6-11H2,1-2H3,(H,26,30);2-4,11-13,16,18-19,29H,5-10,14H2,1H3,(H,25,30);5-7,12-14,17,30H,8-11H2,1-4H3,(H,24,29);4-6,11-13,17H,7-10H2,1-3H3,(H,25,29). The number of amides is 4. The normalized spacial score (nSPS) is 21.7. The number of aryl methyl sites for hydroxylation is 3. The summed E-state index contributed by atoms with van der Waals surface area (Å²) < 4.78 is 27.6. The Hall–Kier alpha value is -13.2. The predicted molar refractivity (Wildman–Crippen MR) is 478 cm³/mol. The first-order chi connectivity index (χ1) is 60.8. The lowest BCUT2D eigenvalue weighted by Crippen LogP contribution is -2.39. The molecule has 12 aromatic rings. The van der Waals surface area contributed by atoms with Gasteiger partial charge in [-0.3, -0.25) is 42.9 Å². The van der Waals surface area contributed by atoms with Crippen LogP contribution in [0.3, 0.4) is 0 Å². The highest BCUT2D eigenvalue weighted by atomic mass is 16.5. The van der Waals surface area contributed by atoms with E-state index in [0.717, 1.165) is 182 Å². The summed E-state index contributed by atoms with van der Waals surface area (Å²) >= 11 is 0. The number of aliphatic hydroxyl groups is 3. The van der Waals surface area contributed by atoms with Gasteiger partial charge in [-0.15, -0.1) is 0 Å². The van der Waals surface area contributed by atoms with Crippen LogP contribution in [0.4, 0.5) is 28.4 Å². The highest BCUT2D eigenvalue weighted by molar-refractivity contribution is 6.08. The minimum atomic E-state index is -0.601. The van der Waals surface area contributed by atoms with Gasteiger partial charge in [-0.05, 0) is 216 Å². The van der Waals surface area contributed by atoms with Crippen molar-refractivity contribution in [1.29, 1.82) is 5.26 Å². The van der Waals surface area contributed by atoms with Gasteiger partial charge in [0.2, 0.25) is 0 Å². The Balaban J connectivity index is 0.000000131. The monoisotopic (exact) mass is 1730 g/mol. The van der Waals surface area contributed by atoms with E-state index in [-0.39, 0.29) is 64.5 Å². The van der Waals surface area contributed by atoms with Crippen LogP contribution in [0.2, 0.25) is 0 Å². The van der Waals surface area contributed by atoms with E-state index in [9.17, 15) is 60.6 Å². The second-order valence-corrected chi connectivity index (χ2v) is 35.8. The molecule has 8 N–H and O–H groups in total. The number of pyridine rings is 4. The molecule has 6 aliphatic carbocycles. The third kappa shape index (κ3) is 20.7. The summed E-state index contributed by atoms with van der Waals surface area (Å²) in [4.78, 5) is 57.7. The van der Waals surface area contributed by atoms with Crippen molar-refractivity contribution in [3.63, 3.8) is 0 Å². The van der Waals surface area contributed by atoms with Crippen LogP contribution < -0.4 is 60.1 Å². The summed E-state index contributed by atoms with van der Waals surface area (Å²) in [5.41, 5.74) is 6.56. The highest BCUT2D eigenvalue weighted by Crippen LogP contribution is 2.44. The van der Waals surface area contributed by atoms with Crippen molar-refractivity contribution in [2.45, 2.75) is 217 Å². The minimum Gasteiger partial charge on any atom is -0.618 e. The molecule has 6 saturated carbocycles. The lowest BCUT2D eigenvalue weighted by Gasteiger charge is -2.33. The van der Waals surface area contributed by atoms with Crippen LogP contribution >= 0.6 is 0 Å². The molecular weight excluding hydrogens is 1620 g/mol. The number of rotatable bonds is 19. The van der Waals surface area contributed by atoms with E-state index in [1.807, 2.05) is 120 Å².